The fourth-order valence-electron chi connectivity index (χ4n) is 3.08. The van der Waals surface area contributed by atoms with Crippen LogP contribution in [0.3, 0.4) is 0 Å². The van der Waals surface area contributed by atoms with Crippen molar-refractivity contribution >= 4 is 11.7 Å². The van der Waals surface area contributed by atoms with Crippen LogP contribution in [-0.4, -0.2) is 42.0 Å². The summed E-state index contributed by atoms with van der Waals surface area (Å²) in [5.74, 6) is 0.440. The molecule has 2 N–H and O–H groups in total. The van der Waals surface area contributed by atoms with Gasteiger partial charge in [0.2, 0.25) is 0 Å². The first-order chi connectivity index (χ1) is 12.2. The molecule has 3 rings (SSSR count). The van der Waals surface area contributed by atoms with Crippen molar-refractivity contribution in [2.45, 2.75) is 25.4 Å². The Morgan fingerprint density at radius 2 is 2.04 bits per heavy atom. The summed E-state index contributed by atoms with van der Waals surface area (Å²) >= 11 is 0. The zero-order valence-corrected chi connectivity index (χ0v) is 14.3. The highest BCUT2D eigenvalue weighted by atomic mass is 19.1. The molecule has 0 saturated carbocycles. The van der Waals surface area contributed by atoms with Crippen LogP contribution in [0, 0.1) is 5.82 Å². The van der Waals surface area contributed by atoms with Gasteiger partial charge in [-0.25, -0.2) is 9.37 Å². The molecule has 0 atom stereocenters. The lowest BCUT2D eigenvalue weighted by molar-refractivity contribution is 0.0908. The number of carbonyl (C=O) groups is 1. The Morgan fingerprint density at radius 3 is 2.76 bits per heavy atom. The molecular weight excluding hydrogens is 319 g/mol. The number of carbonyl (C=O) groups excluding carboxylic acids is 1. The van der Waals surface area contributed by atoms with Gasteiger partial charge in [-0.3, -0.25) is 9.69 Å². The molecule has 5 nitrogen and oxygen atoms in total. The van der Waals surface area contributed by atoms with Gasteiger partial charge in [-0.05, 0) is 31.0 Å². The first kappa shape index (κ1) is 17.4. The minimum atomic E-state index is -0.157. The van der Waals surface area contributed by atoms with E-state index in [0.717, 1.165) is 31.5 Å². The van der Waals surface area contributed by atoms with Crippen LogP contribution in [0.1, 0.15) is 28.8 Å². The van der Waals surface area contributed by atoms with E-state index in [1.165, 1.54) is 6.07 Å². The van der Waals surface area contributed by atoms with Gasteiger partial charge in [0.05, 0.1) is 0 Å². The van der Waals surface area contributed by atoms with E-state index in [1.807, 2.05) is 12.1 Å². The zero-order chi connectivity index (χ0) is 17.6. The summed E-state index contributed by atoms with van der Waals surface area (Å²) in [6, 6.07) is 10.5. The molecule has 1 aliphatic heterocycles. The van der Waals surface area contributed by atoms with Gasteiger partial charge in [-0.1, -0.05) is 18.2 Å². The Morgan fingerprint density at radius 1 is 1.28 bits per heavy atom. The summed E-state index contributed by atoms with van der Waals surface area (Å²) < 4.78 is 13.7. The number of pyridine rings is 1. The van der Waals surface area contributed by atoms with Gasteiger partial charge in [0.1, 0.15) is 11.6 Å². The highest BCUT2D eigenvalue weighted by molar-refractivity contribution is 5.94. The van der Waals surface area contributed by atoms with Crippen molar-refractivity contribution in [1.29, 1.82) is 0 Å². The maximum atomic E-state index is 13.7. The molecule has 1 aliphatic rings. The predicted molar refractivity (Wildman–Crippen MR) is 95.9 cm³/mol. The Balaban J connectivity index is 1.50. The molecule has 2 aromatic rings. The van der Waals surface area contributed by atoms with Crippen LogP contribution in [0.4, 0.5) is 10.2 Å². The molecule has 0 aliphatic carbocycles. The Labute approximate surface area is 147 Å². The zero-order valence-electron chi connectivity index (χ0n) is 14.3. The summed E-state index contributed by atoms with van der Waals surface area (Å²) in [7, 11) is 1.77. The molecular formula is C19H23FN4O. The molecule has 132 valence electrons. The molecule has 1 aromatic heterocycles. The fraction of sp³-hybridized carbons (Fsp3) is 0.368. The number of hydrogen-bond donors (Lipinski definition) is 2. The third-order valence-electron chi connectivity index (χ3n) is 4.55. The second-order valence-corrected chi connectivity index (χ2v) is 6.30. The van der Waals surface area contributed by atoms with Gasteiger partial charge in [-0.15, -0.1) is 0 Å². The average Bonchev–Trinajstić information content (AvgIpc) is 2.65. The molecule has 1 fully saturated rings. The number of amides is 1. The number of piperidine rings is 1. The summed E-state index contributed by atoms with van der Waals surface area (Å²) in [5, 5.41) is 6.02. The highest BCUT2D eigenvalue weighted by Gasteiger charge is 2.22. The summed E-state index contributed by atoms with van der Waals surface area (Å²) in [5.41, 5.74) is 1.33. The van der Waals surface area contributed by atoms with Crippen LogP contribution in [0.2, 0.25) is 0 Å². The third-order valence-corrected chi connectivity index (χ3v) is 4.55. The van der Waals surface area contributed by atoms with Crippen molar-refractivity contribution in [2.75, 3.05) is 25.5 Å². The van der Waals surface area contributed by atoms with Gasteiger partial charge >= 0.3 is 0 Å². The van der Waals surface area contributed by atoms with Gasteiger partial charge in [0.15, 0.2) is 0 Å². The van der Waals surface area contributed by atoms with Crippen molar-refractivity contribution < 1.29 is 9.18 Å². The van der Waals surface area contributed by atoms with Crippen molar-refractivity contribution in [3.8, 4) is 0 Å². The van der Waals surface area contributed by atoms with E-state index in [0.29, 0.717) is 17.9 Å². The molecule has 25 heavy (non-hydrogen) atoms. The normalized spacial score (nSPS) is 15.8. The number of aromatic nitrogens is 1. The van der Waals surface area contributed by atoms with E-state index in [-0.39, 0.29) is 17.8 Å². The monoisotopic (exact) mass is 342 g/mol. The topological polar surface area (TPSA) is 57.3 Å². The van der Waals surface area contributed by atoms with Crippen molar-refractivity contribution in [3.63, 3.8) is 0 Å². The van der Waals surface area contributed by atoms with E-state index >= 15 is 0 Å². The quantitative estimate of drug-likeness (QED) is 0.877. The number of anilines is 1. The maximum Gasteiger partial charge on any atom is 0.251 e. The van der Waals surface area contributed by atoms with Gasteiger partial charge < -0.3 is 10.6 Å². The summed E-state index contributed by atoms with van der Waals surface area (Å²) in [6.07, 6.45) is 3.35. The number of nitrogens with one attached hydrogen (secondary N) is 2. The molecule has 0 bridgehead atoms. The number of benzene rings is 1. The lowest BCUT2D eigenvalue weighted by atomic mass is 10.0. The minimum absolute atomic E-state index is 0.0774. The fourth-order valence-corrected chi connectivity index (χ4v) is 3.08. The largest absolute Gasteiger partial charge is 0.373 e. The molecule has 0 unspecified atom stereocenters. The summed E-state index contributed by atoms with van der Waals surface area (Å²) in [6.45, 7) is 2.30. The van der Waals surface area contributed by atoms with Crippen LogP contribution >= 0.6 is 0 Å². The van der Waals surface area contributed by atoms with Crippen molar-refractivity contribution in [2.24, 2.45) is 0 Å². The van der Waals surface area contributed by atoms with Gasteiger partial charge in [0, 0.05) is 50.0 Å². The van der Waals surface area contributed by atoms with E-state index in [2.05, 4.69) is 20.5 Å². The second-order valence-electron chi connectivity index (χ2n) is 6.30. The van der Waals surface area contributed by atoms with Gasteiger partial charge in [-0.2, -0.15) is 0 Å². The molecule has 1 aromatic carbocycles. The first-order valence-electron chi connectivity index (χ1n) is 8.56. The second kappa shape index (κ2) is 8.07. The average molecular weight is 342 g/mol. The van der Waals surface area contributed by atoms with E-state index in [1.54, 1.807) is 31.4 Å². The van der Waals surface area contributed by atoms with Crippen LogP contribution in [-0.2, 0) is 6.54 Å². The first-order valence-corrected chi connectivity index (χ1v) is 8.56. The highest BCUT2D eigenvalue weighted by Crippen LogP contribution is 2.16. The molecule has 2 heterocycles. The van der Waals surface area contributed by atoms with E-state index in [9.17, 15) is 9.18 Å². The van der Waals surface area contributed by atoms with Crippen LogP contribution in [0.15, 0.2) is 42.6 Å². The van der Waals surface area contributed by atoms with Crippen molar-refractivity contribution in [3.05, 3.63) is 59.5 Å². The van der Waals surface area contributed by atoms with Crippen LogP contribution in [0.5, 0.6) is 0 Å². The minimum Gasteiger partial charge on any atom is -0.373 e. The number of halogens is 1. The van der Waals surface area contributed by atoms with Crippen LogP contribution in [0.25, 0.3) is 0 Å². The molecule has 0 radical (unpaired) electrons. The molecule has 1 saturated heterocycles. The molecule has 0 spiro atoms. The maximum absolute atomic E-state index is 13.7. The van der Waals surface area contributed by atoms with Crippen LogP contribution < -0.4 is 10.6 Å². The SMILES string of the molecule is CNc1cc(C(=O)NC2CCN(Cc3ccccc3F)CC2)ccn1. The number of rotatable bonds is 5. The molecule has 1 amide bonds. The predicted octanol–water partition coefficient (Wildman–Crippen LogP) is 2.66. The van der Waals surface area contributed by atoms with E-state index in [4.69, 9.17) is 0 Å². The van der Waals surface area contributed by atoms with Gasteiger partial charge in [0.25, 0.3) is 5.91 Å². The van der Waals surface area contributed by atoms with E-state index < -0.39 is 0 Å². The molecule has 6 heteroatoms. The summed E-state index contributed by atoms with van der Waals surface area (Å²) in [4.78, 5) is 18.7. The Hall–Kier alpha value is -2.47. The van der Waals surface area contributed by atoms with Crippen molar-refractivity contribution in [1.82, 2.24) is 15.2 Å². The number of hydrogen-bond acceptors (Lipinski definition) is 4. The third kappa shape index (κ3) is 4.54. The smallest absolute Gasteiger partial charge is 0.251 e. The Bertz CT molecular complexity index is 729. The lowest BCUT2D eigenvalue weighted by Crippen LogP contribution is -2.44. The Kier molecular flexibility index (Phi) is 5.60. The number of nitrogens with zero attached hydrogens (tertiary/aromatic N) is 2. The number of likely N-dealkylation sites (tertiary alicyclic amines) is 1. The lowest BCUT2D eigenvalue weighted by Gasteiger charge is -2.32. The standard InChI is InChI=1S/C19H23FN4O/c1-21-18-12-14(6-9-22-18)19(25)23-16-7-10-24(11-8-16)13-15-4-2-3-5-17(15)20/h2-6,9,12,16H,7-8,10-11,13H2,1H3,(H,21,22)(H,23,25).